The minimum Gasteiger partial charge on any atom is -0.0876 e. The Morgan fingerprint density at radius 2 is 2.00 bits per heavy atom. The zero-order valence-corrected chi connectivity index (χ0v) is 8.72. The Labute approximate surface area is 76.1 Å². The van der Waals surface area contributed by atoms with Crippen LogP contribution < -0.4 is 0 Å². The number of hydrogen-bond donors (Lipinski definition) is 0. The van der Waals surface area contributed by atoms with Gasteiger partial charge in [-0.25, -0.2) is 0 Å². The minimum absolute atomic E-state index is 0.520. The van der Waals surface area contributed by atoms with Gasteiger partial charge in [0.05, 0.1) is 0 Å². The van der Waals surface area contributed by atoms with Crippen LogP contribution in [-0.4, -0.2) is 0 Å². The zero-order valence-electron chi connectivity index (χ0n) is 8.72. The van der Waals surface area contributed by atoms with Crippen molar-refractivity contribution < 1.29 is 0 Å². The normalized spacial score (nSPS) is 47.3. The molecule has 0 aliphatic heterocycles. The van der Waals surface area contributed by atoms with Crippen LogP contribution in [0, 0.1) is 23.2 Å². The van der Waals surface area contributed by atoms with Gasteiger partial charge in [0.1, 0.15) is 0 Å². The highest BCUT2D eigenvalue weighted by molar-refractivity contribution is 5.26. The maximum Gasteiger partial charge on any atom is -0.0113 e. The van der Waals surface area contributed by atoms with Crippen LogP contribution in [0.3, 0.4) is 0 Å². The molecule has 0 saturated heterocycles. The third-order valence-electron chi connectivity index (χ3n) is 4.36. The highest BCUT2D eigenvalue weighted by Crippen LogP contribution is 2.60. The van der Waals surface area contributed by atoms with E-state index in [-0.39, 0.29) is 0 Å². The molecule has 0 radical (unpaired) electrons. The molecule has 0 heterocycles. The average Bonchev–Trinajstić information content (AvgIpc) is 2.43. The zero-order chi connectivity index (χ0) is 8.93. The Hall–Kier alpha value is -0.260. The molecule has 0 nitrogen and oxygen atoms in total. The van der Waals surface area contributed by atoms with Crippen molar-refractivity contribution in [3.8, 4) is 0 Å². The lowest BCUT2D eigenvalue weighted by Gasteiger charge is -2.35. The Morgan fingerprint density at radius 3 is 2.42 bits per heavy atom. The largest absolute Gasteiger partial charge is 0.0876 e. The summed E-state index contributed by atoms with van der Waals surface area (Å²) in [7, 11) is 0. The Balaban J connectivity index is 2.36. The van der Waals surface area contributed by atoms with Crippen molar-refractivity contribution in [1.82, 2.24) is 0 Å². The molecule has 12 heavy (non-hydrogen) atoms. The van der Waals surface area contributed by atoms with E-state index in [1.807, 2.05) is 0 Å². The maximum absolute atomic E-state index is 2.43. The van der Waals surface area contributed by atoms with Gasteiger partial charge in [0.25, 0.3) is 0 Å². The van der Waals surface area contributed by atoms with Gasteiger partial charge in [0.2, 0.25) is 0 Å². The fourth-order valence-electron chi connectivity index (χ4n) is 3.57. The third kappa shape index (κ3) is 0.841. The first kappa shape index (κ1) is 8.34. The highest BCUT2D eigenvalue weighted by atomic mass is 14.6. The smallest absolute Gasteiger partial charge is 0.0113 e. The van der Waals surface area contributed by atoms with Crippen molar-refractivity contribution in [2.45, 2.75) is 40.5 Å². The molecule has 2 aliphatic rings. The number of rotatable bonds is 0. The topological polar surface area (TPSA) is 0 Å². The van der Waals surface area contributed by atoms with E-state index >= 15 is 0 Å². The molecule has 2 rings (SSSR count). The lowest BCUT2D eigenvalue weighted by Crippen LogP contribution is -2.26. The molecule has 0 N–H and O–H groups in total. The van der Waals surface area contributed by atoms with E-state index in [4.69, 9.17) is 0 Å². The predicted octanol–water partition coefficient (Wildman–Crippen LogP) is 3.63. The summed E-state index contributed by atoms with van der Waals surface area (Å²) in [5.74, 6) is 2.85. The number of hydrogen-bond acceptors (Lipinski definition) is 0. The van der Waals surface area contributed by atoms with Crippen molar-refractivity contribution in [2.75, 3.05) is 0 Å². The van der Waals surface area contributed by atoms with Crippen molar-refractivity contribution in [3.63, 3.8) is 0 Å². The van der Waals surface area contributed by atoms with Gasteiger partial charge in [-0.3, -0.25) is 0 Å². The molecule has 3 atom stereocenters. The highest BCUT2D eigenvalue weighted by Gasteiger charge is 2.51. The van der Waals surface area contributed by atoms with Gasteiger partial charge in [-0.2, -0.15) is 0 Å². The molecule has 2 bridgehead atoms. The molecule has 0 heteroatoms. The summed E-state index contributed by atoms with van der Waals surface area (Å²) in [6, 6.07) is 0. The van der Waals surface area contributed by atoms with Crippen LogP contribution in [0.5, 0.6) is 0 Å². The molecule has 68 valence electrons. The van der Waals surface area contributed by atoms with Gasteiger partial charge in [-0.15, -0.1) is 0 Å². The van der Waals surface area contributed by atoms with Crippen LogP contribution in [0.1, 0.15) is 40.5 Å². The second-order valence-corrected chi connectivity index (χ2v) is 5.22. The maximum atomic E-state index is 2.43. The first-order valence-corrected chi connectivity index (χ1v) is 5.24. The van der Waals surface area contributed by atoms with E-state index in [9.17, 15) is 0 Å². The molecular weight excluding hydrogens is 144 g/mol. The molecule has 0 aromatic rings. The van der Waals surface area contributed by atoms with E-state index in [1.54, 1.807) is 5.57 Å². The van der Waals surface area contributed by atoms with E-state index in [1.165, 1.54) is 12.8 Å². The van der Waals surface area contributed by atoms with Gasteiger partial charge in [-0.1, -0.05) is 32.4 Å². The number of allylic oxidation sites excluding steroid dienone is 2. The van der Waals surface area contributed by atoms with Gasteiger partial charge >= 0.3 is 0 Å². The van der Waals surface area contributed by atoms with E-state index in [0.717, 1.165) is 17.8 Å². The summed E-state index contributed by atoms with van der Waals surface area (Å²) in [6.07, 6.45) is 5.31. The minimum atomic E-state index is 0.520. The molecule has 2 fully saturated rings. The summed E-state index contributed by atoms with van der Waals surface area (Å²) in [5.41, 5.74) is 2.26. The quantitative estimate of drug-likeness (QED) is 0.479. The van der Waals surface area contributed by atoms with Gasteiger partial charge < -0.3 is 0 Å². The van der Waals surface area contributed by atoms with E-state index < -0.39 is 0 Å². The van der Waals surface area contributed by atoms with Gasteiger partial charge in [0, 0.05) is 0 Å². The van der Waals surface area contributed by atoms with Crippen LogP contribution in [-0.2, 0) is 0 Å². The molecule has 0 spiro atoms. The second-order valence-electron chi connectivity index (χ2n) is 5.22. The van der Waals surface area contributed by atoms with Gasteiger partial charge in [-0.05, 0) is 42.9 Å². The second kappa shape index (κ2) is 2.37. The summed E-state index contributed by atoms with van der Waals surface area (Å²) < 4.78 is 0. The molecule has 2 saturated carbocycles. The number of fused-ring (bicyclic) bond motifs is 2. The summed E-state index contributed by atoms with van der Waals surface area (Å²) in [4.78, 5) is 0. The summed E-state index contributed by atoms with van der Waals surface area (Å²) >= 11 is 0. The average molecular weight is 164 g/mol. The van der Waals surface area contributed by atoms with Crippen LogP contribution in [0.2, 0.25) is 0 Å². The van der Waals surface area contributed by atoms with Crippen LogP contribution in [0.25, 0.3) is 0 Å². The molecule has 2 aliphatic carbocycles. The van der Waals surface area contributed by atoms with Crippen LogP contribution >= 0.6 is 0 Å². The molecule has 3 unspecified atom stereocenters. The standard InChI is InChI=1S/C12H20/c1-5-11-10-7-9(6-8(10)2)12(11,3)4/h5,8-10H,6-7H2,1-4H3/b11-5-. The lowest BCUT2D eigenvalue weighted by atomic mass is 9.69. The van der Waals surface area contributed by atoms with E-state index in [2.05, 4.69) is 33.8 Å². The summed E-state index contributed by atoms with van der Waals surface area (Å²) in [5, 5.41) is 0. The van der Waals surface area contributed by atoms with Crippen molar-refractivity contribution in [2.24, 2.45) is 23.2 Å². The Morgan fingerprint density at radius 1 is 1.33 bits per heavy atom. The fourth-order valence-corrected chi connectivity index (χ4v) is 3.57. The molecular formula is C12H20. The first-order chi connectivity index (χ1) is 5.57. The first-order valence-electron chi connectivity index (χ1n) is 5.24. The van der Waals surface area contributed by atoms with E-state index in [0.29, 0.717) is 5.41 Å². The molecule has 0 amide bonds. The van der Waals surface area contributed by atoms with Crippen molar-refractivity contribution in [1.29, 1.82) is 0 Å². The van der Waals surface area contributed by atoms with Crippen LogP contribution in [0.15, 0.2) is 11.6 Å². The SMILES string of the molecule is C/C=C1/C2CC(CC2C)C1(C)C. The third-order valence-corrected chi connectivity index (χ3v) is 4.36. The Bertz CT molecular complexity index is 222. The fraction of sp³-hybridized carbons (Fsp3) is 0.833. The summed E-state index contributed by atoms with van der Waals surface area (Å²) in [6.45, 7) is 9.49. The van der Waals surface area contributed by atoms with Crippen molar-refractivity contribution in [3.05, 3.63) is 11.6 Å². The molecule has 0 aromatic heterocycles. The van der Waals surface area contributed by atoms with Gasteiger partial charge in [0.15, 0.2) is 0 Å². The molecule has 0 aromatic carbocycles. The predicted molar refractivity (Wildman–Crippen MR) is 52.9 cm³/mol. The lowest BCUT2D eigenvalue weighted by molar-refractivity contribution is 0.254. The van der Waals surface area contributed by atoms with Crippen LogP contribution in [0.4, 0.5) is 0 Å². The van der Waals surface area contributed by atoms with Crippen molar-refractivity contribution >= 4 is 0 Å². The Kier molecular flexibility index (Phi) is 1.65. The monoisotopic (exact) mass is 164 g/mol.